The predicted molar refractivity (Wildman–Crippen MR) is 90.8 cm³/mol. The summed E-state index contributed by atoms with van der Waals surface area (Å²) in [4.78, 5) is 12.7. The van der Waals surface area contributed by atoms with Crippen LogP contribution in [0, 0.1) is 11.7 Å². The van der Waals surface area contributed by atoms with Crippen LogP contribution in [0.5, 0.6) is 0 Å². The summed E-state index contributed by atoms with van der Waals surface area (Å²) in [6.45, 7) is 5.93. The van der Waals surface area contributed by atoms with Crippen LogP contribution in [0.2, 0.25) is 0 Å². The first-order valence-corrected chi connectivity index (χ1v) is 8.44. The van der Waals surface area contributed by atoms with Gasteiger partial charge in [0, 0.05) is 12.6 Å². The maximum absolute atomic E-state index is 13.1. The average molecular weight is 330 g/mol. The van der Waals surface area contributed by atoms with E-state index in [1.807, 2.05) is 6.92 Å². The van der Waals surface area contributed by atoms with E-state index in [4.69, 9.17) is 0 Å². The topological polar surface area (TPSA) is 59.0 Å². The Labute approximate surface area is 141 Å². The first-order valence-electron chi connectivity index (χ1n) is 8.44. The van der Waals surface area contributed by atoms with E-state index in [9.17, 15) is 9.18 Å². The Kier molecular flexibility index (Phi) is 4.94. The lowest BCUT2D eigenvalue weighted by molar-refractivity contribution is 0.0914. The number of benzene rings is 1. The van der Waals surface area contributed by atoms with Crippen molar-refractivity contribution in [2.24, 2.45) is 5.92 Å². The number of halogens is 1. The summed E-state index contributed by atoms with van der Waals surface area (Å²) >= 11 is 0. The second-order valence-electron chi connectivity index (χ2n) is 6.30. The third-order valence-corrected chi connectivity index (χ3v) is 4.66. The first kappa shape index (κ1) is 16.6. The molecule has 24 heavy (non-hydrogen) atoms. The molecular formula is C18H23FN4O. The molecule has 0 spiro atoms. The minimum absolute atomic E-state index is 0.0965. The number of piperidine rings is 1. The number of aromatic nitrogens is 2. The van der Waals surface area contributed by atoms with E-state index in [0.717, 1.165) is 30.9 Å². The lowest BCUT2D eigenvalue weighted by Gasteiger charge is -2.30. The molecule has 0 saturated carbocycles. The Morgan fingerprint density at radius 2 is 2.17 bits per heavy atom. The average Bonchev–Trinajstić information content (AvgIpc) is 3.01. The monoisotopic (exact) mass is 330 g/mol. The standard InChI is InChI=1S/C18H23FN4O/c1-3-17-15(18(24)22-16-11-20-9-8-12(16)2)10-21-23(17)14-6-4-13(19)5-7-14/h4-7,10,12,16,20H,3,8-9,11H2,1-2H3,(H,22,24). The van der Waals surface area contributed by atoms with Gasteiger partial charge >= 0.3 is 0 Å². The molecule has 0 bridgehead atoms. The maximum Gasteiger partial charge on any atom is 0.255 e. The summed E-state index contributed by atoms with van der Waals surface area (Å²) in [5.74, 6) is 0.0638. The molecule has 2 aromatic rings. The molecule has 0 aliphatic carbocycles. The molecule has 1 aliphatic heterocycles. The number of carbonyl (C=O) groups is 1. The van der Waals surface area contributed by atoms with Crippen molar-refractivity contribution in [3.63, 3.8) is 0 Å². The quantitative estimate of drug-likeness (QED) is 0.904. The number of hydrogen-bond donors (Lipinski definition) is 2. The Morgan fingerprint density at radius 3 is 2.83 bits per heavy atom. The molecule has 1 amide bonds. The van der Waals surface area contributed by atoms with Gasteiger partial charge in [-0.1, -0.05) is 13.8 Å². The van der Waals surface area contributed by atoms with Gasteiger partial charge in [0.05, 0.1) is 23.1 Å². The van der Waals surface area contributed by atoms with Gasteiger partial charge in [0.1, 0.15) is 5.82 Å². The zero-order valence-electron chi connectivity index (χ0n) is 14.1. The van der Waals surface area contributed by atoms with Gasteiger partial charge in [0.2, 0.25) is 0 Å². The third-order valence-electron chi connectivity index (χ3n) is 4.66. The summed E-state index contributed by atoms with van der Waals surface area (Å²) in [7, 11) is 0. The van der Waals surface area contributed by atoms with Crippen LogP contribution in [0.15, 0.2) is 30.5 Å². The van der Waals surface area contributed by atoms with Crippen LogP contribution >= 0.6 is 0 Å². The summed E-state index contributed by atoms with van der Waals surface area (Å²) in [5, 5.41) is 10.8. The maximum atomic E-state index is 13.1. The van der Waals surface area contributed by atoms with Crippen LogP contribution in [0.1, 0.15) is 36.3 Å². The molecule has 5 nitrogen and oxygen atoms in total. The van der Waals surface area contributed by atoms with Gasteiger partial charge in [-0.25, -0.2) is 9.07 Å². The SMILES string of the molecule is CCc1c(C(=O)NC2CNCCC2C)cnn1-c1ccc(F)cc1. The number of carbonyl (C=O) groups excluding carboxylic acids is 1. The zero-order valence-corrected chi connectivity index (χ0v) is 14.1. The van der Waals surface area contributed by atoms with E-state index < -0.39 is 0 Å². The van der Waals surface area contributed by atoms with Gasteiger partial charge in [-0.15, -0.1) is 0 Å². The summed E-state index contributed by atoms with van der Waals surface area (Å²) in [5.41, 5.74) is 2.16. The zero-order chi connectivity index (χ0) is 17.1. The molecule has 2 heterocycles. The van der Waals surface area contributed by atoms with Crippen molar-refractivity contribution in [1.29, 1.82) is 0 Å². The van der Waals surface area contributed by atoms with Gasteiger partial charge in [-0.2, -0.15) is 5.10 Å². The fraction of sp³-hybridized carbons (Fsp3) is 0.444. The van der Waals surface area contributed by atoms with Gasteiger partial charge in [0.15, 0.2) is 0 Å². The van der Waals surface area contributed by atoms with E-state index in [2.05, 4.69) is 22.7 Å². The lowest BCUT2D eigenvalue weighted by Crippen LogP contribution is -2.50. The fourth-order valence-corrected chi connectivity index (χ4v) is 3.14. The molecule has 2 unspecified atom stereocenters. The van der Waals surface area contributed by atoms with Crippen LogP contribution in [-0.2, 0) is 6.42 Å². The fourth-order valence-electron chi connectivity index (χ4n) is 3.14. The van der Waals surface area contributed by atoms with Crippen molar-refractivity contribution in [3.8, 4) is 5.69 Å². The van der Waals surface area contributed by atoms with Crippen LogP contribution in [0.4, 0.5) is 4.39 Å². The van der Waals surface area contributed by atoms with Gasteiger partial charge < -0.3 is 10.6 Å². The molecule has 0 radical (unpaired) electrons. The highest BCUT2D eigenvalue weighted by Gasteiger charge is 2.25. The Morgan fingerprint density at radius 1 is 1.42 bits per heavy atom. The molecule has 2 atom stereocenters. The second kappa shape index (κ2) is 7.13. The molecule has 1 aliphatic rings. The number of rotatable bonds is 4. The predicted octanol–water partition coefficient (Wildman–Crippen LogP) is 2.30. The Bertz CT molecular complexity index is 710. The molecule has 1 aromatic heterocycles. The first-order chi connectivity index (χ1) is 11.6. The van der Waals surface area contributed by atoms with Gasteiger partial charge in [0.25, 0.3) is 5.91 Å². The highest BCUT2D eigenvalue weighted by Crippen LogP contribution is 2.18. The van der Waals surface area contributed by atoms with Crippen molar-refractivity contribution in [2.75, 3.05) is 13.1 Å². The van der Waals surface area contributed by atoms with Gasteiger partial charge in [-0.05, 0) is 49.6 Å². The van der Waals surface area contributed by atoms with E-state index in [-0.39, 0.29) is 17.8 Å². The number of nitrogens with zero attached hydrogens (tertiary/aromatic N) is 2. The molecular weight excluding hydrogens is 307 g/mol. The summed E-state index contributed by atoms with van der Waals surface area (Å²) in [6.07, 6.45) is 3.32. The minimum atomic E-state index is -0.291. The molecule has 1 fully saturated rings. The second-order valence-corrected chi connectivity index (χ2v) is 6.30. The van der Waals surface area contributed by atoms with Crippen molar-refractivity contribution in [2.45, 2.75) is 32.7 Å². The van der Waals surface area contributed by atoms with Crippen molar-refractivity contribution >= 4 is 5.91 Å². The van der Waals surface area contributed by atoms with Crippen LogP contribution in [0.3, 0.4) is 0 Å². The lowest BCUT2D eigenvalue weighted by atomic mass is 9.94. The van der Waals surface area contributed by atoms with E-state index in [1.54, 1.807) is 23.0 Å². The van der Waals surface area contributed by atoms with E-state index in [0.29, 0.717) is 17.9 Å². The van der Waals surface area contributed by atoms with E-state index >= 15 is 0 Å². The highest BCUT2D eigenvalue weighted by atomic mass is 19.1. The van der Waals surface area contributed by atoms with Gasteiger partial charge in [-0.3, -0.25) is 4.79 Å². The van der Waals surface area contributed by atoms with Crippen LogP contribution in [-0.4, -0.2) is 34.8 Å². The molecule has 6 heteroatoms. The molecule has 3 rings (SSSR count). The smallest absolute Gasteiger partial charge is 0.255 e. The molecule has 2 N–H and O–H groups in total. The van der Waals surface area contributed by atoms with Crippen LogP contribution in [0.25, 0.3) is 5.69 Å². The normalized spacial score (nSPS) is 20.8. The number of hydrogen-bond acceptors (Lipinski definition) is 3. The summed E-state index contributed by atoms with van der Waals surface area (Å²) < 4.78 is 14.8. The highest BCUT2D eigenvalue weighted by molar-refractivity contribution is 5.95. The number of nitrogens with one attached hydrogen (secondary N) is 2. The van der Waals surface area contributed by atoms with Crippen molar-refractivity contribution in [1.82, 2.24) is 20.4 Å². The summed E-state index contributed by atoms with van der Waals surface area (Å²) in [6, 6.07) is 6.24. The molecule has 1 aromatic carbocycles. The minimum Gasteiger partial charge on any atom is -0.348 e. The van der Waals surface area contributed by atoms with E-state index in [1.165, 1.54) is 12.1 Å². The Balaban J connectivity index is 1.83. The third kappa shape index (κ3) is 3.33. The molecule has 128 valence electrons. The number of amides is 1. The largest absolute Gasteiger partial charge is 0.348 e. The van der Waals surface area contributed by atoms with Crippen LogP contribution < -0.4 is 10.6 Å². The Hall–Kier alpha value is -2.21. The molecule has 1 saturated heterocycles. The van der Waals surface area contributed by atoms with Crippen molar-refractivity contribution in [3.05, 3.63) is 47.5 Å². The van der Waals surface area contributed by atoms with Crippen molar-refractivity contribution < 1.29 is 9.18 Å².